The highest BCUT2D eigenvalue weighted by Gasteiger charge is 2.10. The van der Waals surface area contributed by atoms with Gasteiger partial charge in [-0.05, 0) is 36.4 Å². The molecule has 0 aliphatic rings. The number of rotatable bonds is 7. The lowest BCUT2D eigenvalue weighted by Crippen LogP contribution is -1.95. The Morgan fingerprint density at radius 2 is 1.85 bits per heavy atom. The number of halogens is 1. The van der Waals surface area contributed by atoms with Crippen molar-refractivity contribution < 1.29 is 13.5 Å². The van der Waals surface area contributed by atoms with Gasteiger partial charge in [0.2, 0.25) is 5.89 Å². The molecular weight excluding hydrogens is 385 g/mol. The highest BCUT2D eigenvalue weighted by Crippen LogP contribution is 2.26. The molecule has 2 aromatic heterocycles. The number of thioether (sulfide) groups is 1. The fraction of sp³-hybridized carbons (Fsp3) is 0.105. The normalized spacial score (nSPS) is 10.9. The monoisotopic (exact) mass is 399 g/mol. The van der Waals surface area contributed by atoms with Gasteiger partial charge in [0.15, 0.2) is 0 Å². The van der Waals surface area contributed by atoms with E-state index < -0.39 is 0 Å². The van der Waals surface area contributed by atoms with Gasteiger partial charge in [0.25, 0.3) is 5.22 Å². The summed E-state index contributed by atoms with van der Waals surface area (Å²) in [7, 11) is 0. The van der Waals surface area contributed by atoms with Crippen molar-refractivity contribution in [3.05, 3.63) is 76.5 Å². The van der Waals surface area contributed by atoms with E-state index in [-0.39, 0.29) is 5.82 Å². The Morgan fingerprint density at radius 3 is 2.67 bits per heavy atom. The maximum Gasteiger partial charge on any atom is 0.277 e. The van der Waals surface area contributed by atoms with Crippen molar-refractivity contribution in [3.63, 3.8) is 0 Å². The number of benzene rings is 2. The average molecular weight is 399 g/mol. The average Bonchev–Trinajstić information content (AvgIpc) is 3.36. The van der Waals surface area contributed by atoms with Crippen LogP contribution in [0.25, 0.3) is 11.5 Å². The van der Waals surface area contributed by atoms with Gasteiger partial charge in [0.05, 0.1) is 5.69 Å². The molecule has 5 nitrogen and oxygen atoms in total. The van der Waals surface area contributed by atoms with Gasteiger partial charge in [0, 0.05) is 16.7 Å². The van der Waals surface area contributed by atoms with Gasteiger partial charge in [-0.1, -0.05) is 30.0 Å². The lowest BCUT2D eigenvalue weighted by Gasteiger charge is -2.03. The number of ether oxygens (including phenoxy) is 1. The number of thiazole rings is 1. The fourth-order valence-corrected chi connectivity index (χ4v) is 3.72. The van der Waals surface area contributed by atoms with Crippen molar-refractivity contribution >= 4 is 23.1 Å². The maximum atomic E-state index is 12.9. The summed E-state index contributed by atoms with van der Waals surface area (Å²) in [5, 5.41) is 11.5. The molecule has 136 valence electrons. The number of hydrogen-bond donors (Lipinski definition) is 0. The Bertz CT molecular complexity index is 1000. The third-order valence-electron chi connectivity index (χ3n) is 3.55. The summed E-state index contributed by atoms with van der Waals surface area (Å²) < 4.78 is 24.2. The summed E-state index contributed by atoms with van der Waals surface area (Å²) in [5.74, 6) is 1.46. The van der Waals surface area contributed by atoms with E-state index in [1.165, 1.54) is 35.2 Å². The summed E-state index contributed by atoms with van der Waals surface area (Å²) >= 11 is 2.96. The largest absolute Gasteiger partial charge is 0.486 e. The Kier molecular flexibility index (Phi) is 5.45. The second-order valence-electron chi connectivity index (χ2n) is 5.50. The lowest BCUT2D eigenvalue weighted by atomic mass is 10.2. The highest BCUT2D eigenvalue weighted by atomic mass is 32.2. The van der Waals surface area contributed by atoms with Crippen molar-refractivity contribution in [1.29, 1.82) is 0 Å². The summed E-state index contributed by atoms with van der Waals surface area (Å²) in [6, 6.07) is 15.6. The van der Waals surface area contributed by atoms with Gasteiger partial charge in [0.1, 0.15) is 23.2 Å². The van der Waals surface area contributed by atoms with E-state index in [1.54, 1.807) is 12.1 Å². The Hall–Kier alpha value is -2.71. The molecular formula is C19H14FN3O2S2. The smallest absolute Gasteiger partial charge is 0.277 e. The summed E-state index contributed by atoms with van der Waals surface area (Å²) in [4.78, 5) is 4.53. The van der Waals surface area contributed by atoms with E-state index in [9.17, 15) is 4.39 Å². The highest BCUT2D eigenvalue weighted by molar-refractivity contribution is 7.98. The van der Waals surface area contributed by atoms with Crippen molar-refractivity contribution in [2.24, 2.45) is 0 Å². The molecule has 0 unspecified atom stereocenters. The number of hydrogen-bond acceptors (Lipinski definition) is 7. The number of nitrogens with zero attached hydrogens (tertiary/aromatic N) is 3. The van der Waals surface area contributed by atoms with Crippen LogP contribution >= 0.6 is 23.1 Å². The van der Waals surface area contributed by atoms with Crippen molar-refractivity contribution in [1.82, 2.24) is 15.2 Å². The Morgan fingerprint density at radius 1 is 1.04 bits per heavy atom. The van der Waals surface area contributed by atoms with Crippen LogP contribution in [-0.2, 0) is 12.4 Å². The molecule has 0 fully saturated rings. The van der Waals surface area contributed by atoms with Crippen LogP contribution in [0.4, 0.5) is 4.39 Å². The first-order valence-electron chi connectivity index (χ1n) is 8.09. The van der Waals surface area contributed by atoms with Crippen LogP contribution in [0, 0.1) is 5.82 Å². The molecule has 0 spiro atoms. The molecule has 0 radical (unpaired) electrons. The SMILES string of the molecule is Fc1ccc(OCc2nc(CSc3nnc(-c4ccccc4)o3)cs2)cc1. The van der Waals surface area contributed by atoms with Crippen LogP contribution in [0.3, 0.4) is 0 Å². The van der Waals surface area contributed by atoms with Crippen LogP contribution in [0.15, 0.2) is 69.6 Å². The zero-order valence-corrected chi connectivity index (χ0v) is 15.7. The zero-order chi connectivity index (χ0) is 18.5. The quantitative estimate of drug-likeness (QED) is 0.398. The topological polar surface area (TPSA) is 61.0 Å². The van der Waals surface area contributed by atoms with Crippen LogP contribution in [-0.4, -0.2) is 15.2 Å². The van der Waals surface area contributed by atoms with Gasteiger partial charge in [-0.3, -0.25) is 0 Å². The molecule has 8 heteroatoms. The van der Waals surface area contributed by atoms with Crippen molar-refractivity contribution in [2.75, 3.05) is 0 Å². The molecule has 0 aliphatic heterocycles. The first-order chi connectivity index (χ1) is 13.3. The van der Waals surface area contributed by atoms with Crippen molar-refractivity contribution in [3.8, 4) is 17.2 Å². The molecule has 4 aromatic rings. The zero-order valence-electron chi connectivity index (χ0n) is 14.0. The van der Waals surface area contributed by atoms with Gasteiger partial charge in [-0.25, -0.2) is 9.37 Å². The summed E-state index contributed by atoms with van der Waals surface area (Å²) in [5.41, 5.74) is 1.81. The molecule has 0 amide bonds. The third kappa shape index (κ3) is 4.72. The molecule has 0 atom stereocenters. The molecule has 0 aliphatic carbocycles. The first kappa shape index (κ1) is 17.7. The molecule has 4 rings (SSSR count). The second-order valence-corrected chi connectivity index (χ2v) is 7.37. The molecule has 0 saturated heterocycles. The summed E-state index contributed by atoms with van der Waals surface area (Å²) in [6.45, 7) is 0.347. The van der Waals surface area contributed by atoms with E-state index in [2.05, 4.69) is 15.2 Å². The van der Waals surface area contributed by atoms with E-state index in [0.29, 0.717) is 29.2 Å². The van der Waals surface area contributed by atoms with Crippen LogP contribution in [0.2, 0.25) is 0 Å². The standard InChI is InChI=1S/C19H14FN3O2S2/c20-14-6-8-16(9-7-14)24-10-17-21-15(11-26-17)12-27-19-23-22-18(25-19)13-4-2-1-3-5-13/h1-9,11H,10,12H2. The second kappa shape index (κ2) is 8.32. The molecule has 2 heterocycles. The minimum atomic E-state index is -0.285. The van der Waals surface area contributed by atoms with Gasteiger partial charge in [-0.2, -0.15) is 0 Å². The minimum Gasteiger partial charge on any atom is -0.486 e. The van der Waals surface area contributed by atoms with E-state index in [0.717, 1.165) is 16.3 Å². The minimum absolute atomic E-state index is 0.285. The molecule has 0 saturated carbocycles. The summed E-state index contributed by atoms with van der Waals surface area (Å²) in [6.07, 6.45) is 0. The van der Waals surface area contributed by atoms with Crippen LogP contribution < -0.4 is 4.74 Å². The van der Waals surface area contributed by atoms with Crippen molar-refractivity contribution in [2.45, 2.75) is 17.6 Å². The van der Waals surface area contributed by atoms with Gasteiger partial charge in [-0.15, -0.1) is 21.5 Å². The first-order valence-corrected chi connectivity index (χ1v) is 9.96. The molecule has 2 aromatic carbocycles. The van der Waals surface area contributed by atoms with Gasteiger partial charge >= 0.3 is 0 Å². The van der Waals surface area contributed by atoms with E-state index >= 15 is 0 Å². The predicted octanol–water partition coefficient (Wildman–Crippen LogP) is 5.20. The third-order valence-corrected chi connectivity index (χ3v) is 5.27. The molecule has 27 heavy (non-hydrogen) atoms. The predicted molar refractivity (Wildman–Crippen MR) is 102 cm³/mol. The van der Waals surface area contributed by atoms with Crippen LogP contribution in [0.5, 0.6) is 5.75 Å². The fourth-order valence-electron chi connectivity index (χ4n) is 2.26. The van der Waals surface area contributed by atoms with Crippen LogP contribution in [0.1, 0.15) is 10.7 Å². The number of aromatic nitrogens is 3. The van der Waals surface area contributed by atoms with Gasteiger partial charge < -0.3 is 9.15 Å². The Balaban J connectivity index is 1.31. The maximum absolute atomic E-state index is 12.9. The Labute approximate surface area is 163 Å². The van der Waals surface area contributed by atoms with E-state index in [1.807, 2.05) is 35.7 Å². The lowest BCUT2D eigenvalue weighted by molar-refractivity contribution is 0.305. The molecule has 0 bridgehead atoms. The van der Waals surface area contributed by atoms with E-state index in [4.69, 9.17) is 9.15 Å². The molecule has 0 N–H and O–H groups in total.